The van der Waals surface area contributed by atoms with Crippen LogP contribution in [-0.4, -0.2) is 5.75 Å². The Labute approximate surface area is 113 Å². The highest BCUT2D eigenvalue weighted by atomic mass is 32.2. The van der Waals surface area contributed by atoms with Crippen molar-refractivity contribution in [1.29, 1.82) is 0 Å². The van der Waals surface area contributed by atoms with Gasteiger partial charge in [0.15, 0.2) is 0 Å². The molecule has 90 valence electrons. The maximum absolute atomic E-state index is 5.23. The summed E-state index contributed by atoms with van der Waals surface area (Å²) in [6.45, 7) is 0. The summed E-state index contributed by atoms with van der Waals surface area (Å²) in [5.41, 5.74) is 2.53. The highest BCUT2D eigenvalue weighted by molar-refractivity contribution is 7.99. The van der Waals surface area contributed by atoms with Crippen molar-refractivity contribution < 1.29 is 0 Å². The van der Waals surface area contributed by atoms with E-state index >= 15 is 0 Å². The normalized spacial score (nSPS) is 9.94. The second-order valence-electron chi connectivity index (χ2n) is 4.05. The number of hydrogen-bond donors (Lipinski definition) is 0. The van der Waals surface area contributed by atoms with Gasteiger partial charge in [-0.15, -0.1) is 24.1 Å². The van der Waals surface area contributed by atoms with E-state index < -0.39 is 0 Å². The average Bonchev–Trinajstić information content (AvgIpc) is 2.45. The summed E-state index contributed by atoms with van der Waals surface area (Å²) in [4.78, 5) is 1.31. The first kappa shape index (κ1) is 12.8. The fraction of sp³-hybridized carbons (Fsp3) is 0.176. The van der Waals surface area contributed by atoms with Crippen LogP contribution in [0.15, 0.2) is 59.5 Å². The molecule has 2 aromatic carbocycles. The predicted molar refractivity (Wildman–Crippen MR) is 80.7 cm³/mol. The van der Waals surface area contributed by atoms with Gasteiger partial charge < -0.3 is 0 Å². The first-order valence-corrected chi connectivity index (χ1v) is 7.10. The van der Waals surface area contributed by atoms with E-state index in [0.29, 0.717) is 0 Å². The minimum Gasteiger partial charge on any atom is -0.126 e. The quantitative estimate of drug-likeness (QED) is 0.416. The standard InChI is InChI=1S/C17H16S/c1-2-3-7-14-18-17-12-10-16(11-13-17)15-8-5-4-6-9-15/h1,4-6,8-13H,3,7,14H2. The Morgan fingerprint density at radius 1 is 0.889 bits per heavy atom. The molecule has 0 bridgehead atoms. The summed E-state index contributed by atoms with van der Waals surface area (Å²) in [7, 11) is 0. The molecule has 0 saturated heterocycles. The van der Waals surface area contributed by atoms with E-state index in [4.69, 9.17) is 6.42 Å². The summed E-state index contributed by atoms with van der Waals surface area (Å²) < 4.78 is 0. The number of thioether (sulfide) groups is 1. The molecule has 0 spiro atoms. The van der Waals surface area contributed by atoms with Gasteiger partial charge in [-0.05, 0) is 35.4 Å². The molecular weight excluding hydrogens is 236 g/mol. The lowest BCUT2D eigenvalue weighted by molar-refractivity contribution is 0.997. The third kappa shape index (κ3) is 3.68. The molecular formula is C17H16S. The van der Waals surface area contributed by atoms with Gasteiger partial charge in [0.25, 0.3) is 0 Å². The molecule has 0 amide bonds. The van der Waals surface area contributed by atoms with Crippen LogP contribution in [0, 0.1) is 12.3 Å². The Morgan fingerprint density at radius 3 is 2.22 bits per heavy atom. The summed E-state index contributed by atoms with van der Waals surface area (Å²) in [6, 6.07) is 19.2. The second-order valence-corrected chi connectivity index (χ2v) is 5.21. The molecule has 0 nitrogen and oxygen atoms in total. The van der Waals surface area contributed by atoms with Gasteiger partial charge in [0.1, 0.15) is 0 Å². The number of terminal acetylenes is 1. The van der Waals surface area contributed by atoms with Crippen molar-refractivity contribution in [1.82, 2.24) is 0 Å². The van der Waals surface area contributed by atoms with Gasteiger partial charge in [-0.3, -0.25) is 0 Å². The van der Waals surface area contributed by atoms with Crippen LogP contribution in [0.3, 0.4) is 0 Å². The van der Waals surface area contributed by atoms with Crippen molar-refractivity contribution in [2.24, 2.45) is 0 Å². The molecule has 2 rings (SSSR count). The third-order valence-corrected chi connectivity index (χ3v) is 3.79. The molecule has 0 fully saturated rings. The van der Waals surface area contributed by atoms with Gasteiger partial charge in [0, 0.05) is 11.3 Å². The van der Waals surface area contributed by atoms with E-state index in [1.54, 1.807) is 0 Å². The molecule has 0 aromatic heterocycles. The van der Waals surface area contributed by atoms with E-state index in [9.17, 15) is 0 Å². The molecule has 0 aliphatic rings. The minimum atomic E-state index is 0.870. The van der Waals surface area contributed by atoms with E-state index in [1.165, 1.54) is 16.0 Å². The zero-order valence-electron chi connectivity index (χ0n) is 10.3. The predicted octanol–water partition coefficient (Wildman–Crippen LogP) is 4.86. The van der Waals surface area contributed by atoms with Crippen LogP contribution < -0.4 is 0 Å². The number of hydrogen-bond acceptors (Lipinski definition) is 1. The highest BCUT2D eigenvalue weighted by Crippen LogP contribution is 2.24. The topological polar surface area (TPSA) is 0 Å². The molecule has 1 heteroatoms. The van der Waals surface area contributed by atoms with Gasteiger partial charge in [-0.1, -0.05) is 42.5 Å². The maximum Gasteiger partial charge on any atom is 0.00940 e. The summed E-state index contributed by atoms with van der Waals surface area (Å²) in [6.07, 6.45) is 7.19. The average molecular weight is 252 g/mol. The van der Waals surface area contributed by atoms with Gasteiger partial charge >= 0.3 is 0 Å². The molecule has 18 heavy (non-hydrogen) atoms. The summed E-state index contributed by atoms with van der Waals surface area (Å²) in [5.74, 6) is 3.76. The van der Waals surface area contributed by atoms with Crippen molar-refractivity contribution in [3.05, 3.63) is 54.6 Å². The van der Waals surface area contributed by atoms with E-state index in [0.717, 1.165) is 18.6 Å². The molecule has 0 atom stereocenters. The molecule has 0 heterocycles. The van der Waals surface area contributed by atoms with Crippen molar-refractivity contribution in [2.45, 2.75) is 17.7 Å². The first-order chi connectivity index (χ1) is 8.90. The van der Waals surface area contributed by atoms with Gasteiger partial charge in [-0.25, -0.2) is 0 Å². The molecule has 0 saturated carbocycles. The van der Waals surface area contributed by atoms with E-state index in [2.05, 4.69) is 54.5 Å². The smallest absolute Gasteiger partial charge is 0.00940 e. The Bertz CT molecular complexity index is 506. The van der Waals surface area contributed by atoms with Crippen molar-refractivity contribution in [2.75, 3.05) is 5.75 Å². The van der Waals surface area contributed by atoms with E-state index in [-0.39, 0.29) is 0 Å². The van der Waals surface area contributed by atoms with Crippen molar-refractivity contribution in [3.8, 4) is 23.5 Å². The lowest BCUT2D eigenvalue weighted by Crippen LogP contribution is -1.80. The third-order valence-electron chi connectivity index (χ3n) is 2.70. The fourth-order valence-corrected chi connectivity index (χ4v) is 2.59. The minimum absolute atomic E-state index is 0.870. The zero-order valence-corrected chi connectivity index (χ0v) is 11.1. The fourth-order valence-electron chi connectivity index (χ4n) is 1.74. The van der Waals surface area contributed by atoms with Crippen LogP contribution in [0.25, 0.3) is 11.1 Å². The Kier molecular flexibility index (Phi) is 4.93. The highest BCUT2D eigenvalue weighted by Gasteiger charge is 1.97. The number of benzene rings is 2. The second kappa shape index (κ2) is 6.93. The number of rotatable bonds is 5. The largest absolute Gasteiger partial charge is 0.126 e. The monoisotopic (exact) mass is 252 g/mol. The molecule has 0 aliphatic heterocycles. The lowest BCUT2D eigenvalue weighted by Gasteiger charge is -2.04. The SMILES string of the molecule is C#CCCCSc1ccc(-c2ccccc2)cc1. The number of unbranched alkanes of at least 4 members (excludes halogenated alkanes) is 1. The Morgan fingerprint density at radius 2 is 1.56 bits per heavy atom. The summed E-state index contributed by atoms with van der Waals surface area (Å²) in [5, 5.41) is 0. The Balaban J connectivity index is 1.96. The summed E-state index contributed by atoms with van der Waals surface area (Å²) >= 11 is 1.87. The maximum atomic E-state index is 5.23. The van der Waals surface area contributed by atoms with Crippen LogP contribution in [-0.2, 0) is 0 Å². The van der Waals surface area contributed by atoms with E-state index in [1.807, 2.05) is 17.8 Å². The molecule has 0 N–H and O–H groups in total. The first-order valence-electron chi connectivity index (χ1n) is 6.12. The van der Waals surface area contributed by atoms with Crippen LogP contribution in [0.1, 0.15) is 12.8 Å². The van der Waals surface area contributed by atoms with Crippen LogP contribution >= 0.6 is 11.8 Å². The molecule has 0 radical (unpaired) electrons. The van der Waals surface area contributed by atoms with Crippen LogP contribution in [0.5, 0.6) is 0 Å². The van der Waals surface area contributed by atoms with Crippen molar-refractivity contribution >= 4 is 11.8 Å². The molecule has 0 unspecified atom stereocenters. The van der Waals surface area contributed by atoms with Gasteiger partial charge in [0.05, 0.1) is 0 Å². The Hall–Kier alpha value is -1.65. The van der Waals surface area contributed by atoms with Crippen molar-refractivity contribution in [3.63, 3.8) is 0 Å². The van der Waals surface area contributed by atoms with Crippen LogP contribution in [0.4, 0.5) is 0 Å². The van der Waals surface area contributed by atoms with Gasteiger partial charge in [0.2, 0.25) is 0 Å². The lowest BCUT2D eigenvalue weighted by atomic mass is 10.1. The molecule has 0 aliphatic carbocycles. The van der Waals surface area contributed by atoms with Gasteiger partial charge in [-0.2, -0.15) is 0 Å². The van der Waals surface area contributed by atoms with Crippen LogP contribution in [0.2, 0.25) is 0 Å². The zero-order chi connectivity index (χ0) is 12.6. The molecule has 2 aromatic rings.